The van der Waals surface area contributed by atoms with Crippen LogP contribution in [-0.4, -0.2) is 21.6 Å². The van der Waals surface area contributed by atoms with Gasteiger partial charge in [0.15, 0.2) is 0 Å². The molecule has 1 aliphatic heterocycles. The van der Waals surface area contributed by atoms with E-state index in [-0.39, 0.29) is 0 Å². The average molecular weight is 160 g/mol. The molecule has 12 heavy (non-hydrogen) atoms. The molecule has 0 bridgehead atoms. The van der Waals surface area contributed by atoms with Crippen LogP contribution in [0.3, 0.4) is 0 Å². The van der Waals surface area contributed by atoms with E-state index in [1.165, 1.54) is 16.7 Å². The number of hydrogen-bond acceptors (Lipinski definition) is 2. The maximum absolute atomic E-state index is 5.21. The van der Waals surface area contributed by atoms with Crippen LogP contribution >= 0.6 is 0 Å². The SMILES string of the molecule is CN(C)c1ccc2c(c1)[B]OC2. The van der Waals surface area contributed by atoms with Crippen LogP contribution in [0.4, 0.5) is 5.69 Å². The minimum absolute atomic E-state index is 0.725. The molecule has 2 rings (SSSR count). The molecule has 0 amide bonds. The highest BCUT2D eigenvalue weighted by Crippen LogP contribution is 2.13. The number of anilines is 1. The maximum atomic E-state index is 5.21. The summed E-state index contributed by atoms with van der Waals surface area (Å²) in [6.07, 6.45) is 0. The third-order valence-corrected chi connectivity index (χ3v) is 2.09. The number of benzene rings is 1. The Hall–Kier alpha value is -0.955. The normalized spacial score (nSPS) is 13.8. The molecule has 1 aliphatic rings. The van der Waals surface area contributed by atoms with Crippen LogP contribution in [0.15, 0.2) is 18.2 Å². The second-order valence-electron chi connectivity index (χ2n) is 3.21. The molecule has 0 spiro atoms. The van der Waals surface area contributed by atoms with Gasteiger partial charge in [0, 0.05) is 19.8 Å². The van der Waals surface area contributed by atoms with Crippen molar-refractivity contribution in [3.63, 3.8) is 0 Å². The van der Waals surface area contributed by atoms with Gasteiger partial charge in [-0.1, -0.05) is 6.07 Å². The highest BCUT2D eigenvalue weighted by Gasteiger charge is 2.13. The standard InChI is InChI=1S/C9H11BNO/c1-11(2)8-4-3-7-6-12-10-9(7)5-8/h3-5H,6H2,1-2H3. The van der Waals surface area contributed by atoms with Crippen LogP contribution in [0, 0.1) is 0 Å². The van der Waals surface area contributed by atoms with Gasteiger partial charge in [0.05, 0.1) is 6.61 Å². The number of nitrogens with zero attached hydrogens (tertiary/aromatic N) is 1. The Morgan fingerprint density at radius 2 is 2.25 bits per heavy atom. The van der Waals surface area contributed by atoms with Gasteiger partial charge in [-0.15, -0.1) is 0 Å². The zero-order chi connectivity index (χ0) is 8.55. The fraction of sp³-hybridized carbons (Fsp3) is 0.333. The Bertz CT molecular complexity index is 299. The summed E-state index contributed by atoms with van der Waals surface area (Å²) in [5.41, 5.74) is 3.71. The second kappa shape index (κ2) is 2.83. The van der Waals surface area contributed by atoms with Crippen molar-refractivity contribution < 1.29 is 4.65 Å². The number of fused-ring (bicyclic) bond motifs is 1. The third kappa shape index (κ3) is 1.20. The van der Waals surface area contributed by atoms with Crippen molar-refractivity contribution in [1.29, 1.82) is 0 Å². The molecule has 61 valence electrons. The predicted octanol–water partition coefficient (Wildman–Crippen LogP) is 0.527. The van der Waals surface area contributed by atoms with Gasteiger partial charge in [0.1, 0.15) is 0 Å². The summed E-state index contributed by atoms with van der Waals surface area (Å²) in [5, 5.41) is 0. The lowest BCUT2D eigenvalue weighted by molar-refractivity contribution is 0.345. The van der Waals surface area contributed by atoms with Crippen LogP contribution in [-0.2, 0) is 11.3 Å². The number of hydrogen-bond donors (Lipinski definition) is 0. The van der Waals surface area contributed by atoms with Crippen molar-refractivity contribution in [2.24, 2.45) is 0 Å². The maximum Gasteiger partial charge on any atom is 0.330 e. The Morgan fingerprint density at radius 3 is 3.00 bits per heavy atom. The monoisotopic (exact) mass is 160 g/mol. The summed E-state index contributed by atoms with van der Waals surface area (Å²) in [4.78, 5) is 2.09. The molecule has 1 aromatic rings. The Labute approximate surface area is 73.4 Å². The summed E-state index contributed by atoms with van der Waals surface area (Å²) < 4.78 is 5.21. The Kier molecular flexibility index (Phi) is 1.81. The molecule has 0 saturated carbocycles. The van der Waals surface area contributed by atoms with Gasteiger partial charge in [-0.05, 0) is 23.2 Å². The molecule has 0 unspecified atom stereocenters. The lowest BCUT2D eigenvalue weighted by atomic mass is 9.87. The van der Waals surface area contributed by atoms with Crippen molar-refractivity contribution >= 4 is 18.6 Å². The molecule has 0 fully saturated rings. The predicted molar refractivity (Wildman–Crippen MR) is 50.9 cm³/mol. The van der Waals surface area contributed by atoms with Crippen LogP contribution in [0.1, 0.15) is 5.56 Å². The van der Waals surface area contributed by atoms with E-state index in [1.54, 1.807) is 0 Å². The van der Waals surface area contributed by atoms with E-state index >= 15 is 0 Å². The highest BCUT2D eigenvalue weighted by atomic mass is 16.4. The second-order valence-corrected chi connectivity index (χ2v) is 3.21. The zero-order valence-electron chi connectivity index (χ0n) is 7.37. The molecular formula is C9H11BNO. The molecule has 1 aromatic carbocycles. The summed E-state index contributed by atoms with van der Waals surface area (Å²) in [5.74, 6) is 0. The fourth-order valence-corrected chi connectivity index (χ4v) is 1.32. The molecule has 2 nitrogen and oxygen atoms in total. The summed E-state index contributed by atoms with van der Waals surface area (Å²) >= 11 is 0. The quantitative estimate of drug-likeness (QED) is 0.555. The van der Waals surface area contributed by atoms with E-state index < -0.39 is 0 Å². The molecule has 3 heteroatoms. The van der Waals surface area contributed by atoms with Gasteiger partial charge < -0.3 is 9.55 Å². The first-order valence-electron chi connectivity index (χ1n) is 4.02. The van der Waals surface area contributed by atoms with E-state index in [4.69, 9.17) is 4.65 Å². The topological polar surface area (TPSA) is 12.5 Å². The first kappa shape index (κ1) is 7.68. The average Bonchev–Trinajstić information content (AvgIpc) is 2.49. The molecule has 1 radical (unpaired) electrons. The van der Waals surface area contributed by atoms with E-state index in [0.29, 0.717) is 0 Å². The first-order valence-corrected chi connectivity index (χ1v) is 4.02. The summed E-state index contributed by atoms with van der Waals surface area (Å²) in [6, 6.07) is 6.37. The van der Waals surface area contributed by atoms with Crippen molar-refractivity contribution in [1.82, 2.24) is 0 Å². The summed E-state index contributed by atoms with van der Waals surface area (Å²) in [7, 11) is 5.90. The van der Waals surface area contributed by atoms with Gasteiger partial charge >= 0.3 is 7.48 Å². The van der Waals surface area contributed by atoms with Crippen molar-refractivity contribution in [3.8, 4) is 0 Å². The van der Waals surface area contributed by atoms with Crippen molar-refractivity contribution in [2.45, 2.75) is 6.61 Å². The Balaban J connectivity index is 2.39. The minimum atomic E-state index is 0.725. The van der Waals surface area contributed by atoms with Crippen molar-refractivity contribution in [3.05, 3.63) is 23.8 Å². The van der Waals surface area contributed by atoms with Crippen LogP contribution < -0.4 is 10.4 Å². The van der Waals surface area contributed by atoms with Gasteiger partial charge in [-0.3, -0.25) is 0 Å². The van der Waals surface area contributed by atoms with E-state index in [2.05, 4.69) is 23.1 Å². The minimum Gasteiger partial charge on any atom is -0.430 e. The molecule has 0 aliphatic carbocycles. The molecule has 1 heterocycles. The lowest BCUT2D eigenvalue weighted by Gasteiger charge is -2.12. The third-order valence-electron chi connectivity index (χ3n) is 2.09. The van der Waals surface area contributed by atoms with Crippen LogP contribution in [0.5, 0.6) is 0 Å². The highest BCUT2D eigenvalue weighted by molar-refractivity contribution is 6.49. The molecular weight excluding hydrogens is 149 g/mol. The van der Waals surface area contributed by atoms with Gasteiger partial charge in [0.2, 0.25) is 0 Å². The van der Waals surface area contributed by atoms with Crippen LogP contribution in [0.2, 0.25) is 0 Å². The fourth-order valence-electron chi connectivity index (χ4n) is 1.32. The van der Waals surface area contributed by atoms with Crippen LogP contribution in [0.25, 0.3) is 0 Å². The first-order chi connectivity index (χ1) is 5.77. The van der Waals surface area contributed by atoms with Gasteiger partial charge in [0.25, 0.3) is 0 Å². The van der Waals surface area contributed by atoms with Gasteiger partial charge in [-0.2, -0.15) is 0 Å². The van der Waals surface area contributed by atoms with Crippen molar-refractivity contribution in [2.75, 3.05) is 19.0 Å². The molecule has 0 aromatic heterocycles. The lowest BCUT2D eigenvalue weighted by Crippen LogP contribution is -2.16. The largest absolute Gasteiger partial charge is 0.430 e. The van der Waals surface area contributed by atoms with E-state index in [9.17, 15) is 0 Å². The van der Waals surface area contributed by atoms with E-state index in [1.807, 2.05) is 21.6 Å². The molecule has 0 saturated heterocycles. The Morgan fingerprint density at radius 1 is 1.42 bits per heavy atom. The zero-order valence-corrected chi connectivity index (χ0v) is 7.37. The molecule has 0 atom stereocenters. The van der Waals surface area contributed by atoms with E-state index in [0.717, 1.165) is 6.61 Å². The van der Waals surface area contributed by atoms with Gasteiger partial charge in [-0.25, -0.2) is 0 Å². The molecule has 0 N–H and O–H groups in total. The summed E-state index contributed by atoms with van der Waals surface area (Å²) in [6.45, 7) is 0.725. The smallest absolute Gasteiger partial charge is 0.330 e. The number of rotatable bonds is 1.